The Kier molecular flexibility index (Phi) is 2.28. The Balaban J connectivity index is 2.70. The lowest BCUT2D eigenvalue weighted by molar-refractivity contribution is 0.786. The molecule has 2 rings (SSSR count). The Bertz CT molecular complexity index is 441. The summed E-state index contributed by atoms with van der Waals surface area (Å²) in [6, 6.07) is 4.29. The maximum Gasteiger partial charge on any atom is 0.140 e. The van der Waals surface area contributed by atoms with Crippen molar-refractivity contribution in [3.63, 3.8) is 0 Å². The third-order valence-corrected chi connectivity index (χ3v) is 2.66. The lowest BCUT2D eigenvalue weighted by Gasteiger charge is -2.07. The molecule has 2 aromatic heterocycles. The van der Waals surface area contributed by atoms with Crippen molar-refractivity contribution in [2.45, 2.75) is 33.2 Å². The van der Waals surface area contributed by atoms with Crippen molar-refractivity contribution >= 4 is 11.0 Å². The lowest BCUT2D eigenvalue weighted by Crippen LogP contribution is -1.95. The van der Waals surface area contributed by atoms with E-state index in [1.165, 1.54) is 10.9 Å². The van der Waals surface area contributed by atoms with Gasteiger partial charge in [0.2, 0.25) is 0 Å². The largest absolute Gasteiger partial charge is 0.333 e. The SMILES string of the molecule is CCn1ccc2c(C(C)C)ccnc21. The van der Waals surface area contributed by atoms with Gasteiger partial charge in [-0.05, 0) is 30.5 Å². The first kappa shape index (κ1) is 9.25. The van der Waals surface area contributed by atoms with Crippen LogP contribution in [0.5, 0.6) is 0 Å². The highest BCUT2D eigenvalue weighted by Crippen LogP contribution is 2.24. The van der Waals surface area contributed by atoms with Crippen LogP contribution in [0.15, 0.2) is 24.5 Å². The molecule has 0 atom stereocenters. The molecule has 0 aliphatic carbocycles. The van der Waals surface area contributed by atoms with Crippen molar-refractivity contribution < 1.29 is 0 Å². The Morgan fingerprint density at radius 1 is 1.36 bits per heavy atom. The molecule has 0 saturated heterocycles. The standard InChI is InChI=1S/C12H16N2/c1-4-14-8-6-11-10(9(2)3)5-7-13-12(11)14/h5-9H,4H2,1-3H3. The zero-order chi connectivity index (χ0) is 10.1. The third kappa shape index (κ3) is 1.31. The summed E-state index contributed by atoms with van der Waals surface area (Å²) in [5.74, 6) is 0.563. The molecule has 0 fully saturated rings. The highest BCUT2D eigenvalue weighted by molar-refractivity contribution is 5.80. The molecule has 0 aliphatic heterocycles. The van der Waals surface area contributed by atoms with Gasteiger partial charge in [0.25, 0.3) is 0 Å². The summed E-state index contributed by atoms with van der Waals surface area (Å²) in [4.78, 5) is 4.42. The summed E-state index contributed by atoms with van der Waals surface area (Å²) in [6.07, 6.45) is 4.02. The van der Waals surface area contributed by atoms with E-state index in [2.05, 4.69) is 48.7 Å². The average Bonchev–Trinajstić information content (AvgIpc) is 2.59. The van der Waals surface area contributed by atoms with Crippen molar-refractivity contribution in [3.05, 3.63) is 30.1 Å². The third-order valence-electron chi connectivity index (χ3n) is 2.66. The van der Waals surface area contributed by atoms with Crippen LogP contribution in [0.2, 0.25) is 0 Å². The minimum atomic E-state index is 0.563. The number of pyridine rings is 1. The van der Waals surface area contributed by atoms with E-state index in [0.717, 1.165) is 12.2 Å². The topological polar surface area (TPSA) is 17.8 Å². The Labute approximate surface area is 84.6 Å². The number of hydrogen-bond donors (Lipinski definition) is 0. The van der Waals surface area contributed by atoms with Crippen molar-refractivity contribution in [2.24, 2.45) is 0 Å². The Morgan fingerprint density at radius 2 is 2.14 bits per heavy atom. The minimum Gasteiger partial charge on any atom is -0.333 e. The van der Waals surface area contributed by atoms with Crippen LogP contribution >= 0.6 is 0 Å². The summed E-state index contributed by atoms with van der Waals surface area (Å²) in [5.41, 5.74) is 2.50. The Hall–Kier alpha value is -1.31. The maximum absolute atomic E-state index is 4.42. The van der Waals surface area contributed by atoms with Gasteiger partial charge in [-0.2, -0.15) is 0 Å². The minimum absolute atomic E-state index is 0.563. The second kappa shape index (κ2) is 3.45. The van der Waals surface area contributed by atoms with Gasteiger partial charge < -0.3 is 4.57 Å². The number of hydrogen-bond acceptors (Lipinski definition) is 1. The molecule has 2 nitrogen and oxygen atoms in total. The quantitative estimate of drug-likeness (QED) is 0.707. The average molecular weight is 188 g/mol. The van der Waals surface area contributed by atoms with Gasteiger partial charge in [0.05, 0.1) is 0 Å². The molecule has 0 amide bonds. The van der Waals surface area contributed by atoms with E-state index in [1.54, 1.807) is 0 Å². The predicted molar refractivity (Wildman–Crippen MR) is 59.5 cm³/mol. The smallest absolute Gasteiger partial charge is 0.140 e. The van der Waals surface area contributed by atoms with Crippen molar-refractivity contribution in [2.75, 3.05) is 0 Å². The van der Waals surface area contributed by atoms with Crippen molar-refractivity contribution in [3.8, 4) is 0 Å². The van der Waals surface area contributed by atoms with E-state index in [4.69, 9.17) is 0 Å². The number of aromatic nitrogens is 2. The van der Waals surface area contributed by atoms with Gasteiger partial charge in [0.15, 0.2) is 0 Å². The second-order valence-electron chi connectivity index (χ2n) is 3.89. The molecule has 74 valence electrons. The molecule has 0 aromatic carbocycles. The fourth-order valence-corrected chi connectivity index (χ4v) is 1.87. The van der Waals surface area contributed by atoms with Gasteiger partial charge >= 0.3 is 0 Å². The molecule has 0 bridgehead atoms. The molecule has 0 unspecified atom stereocenters. The fraction of sp³-hybridized carbons (Fsp3) is 0.417. The van der Waals surface area contributed by atoms with E-state index in [0.29, 0.717) is 5.92 Å². The molecule has 0 aliphatic rings. The van der Waals surface area contributed by atoms with Crippen molar-refractivity contribution in [1.82, 2.24) is 9.55 Å². The highest BCUT2D eigenvalue weighted by Gasteiger charge is 2.07. The molecule has 2 aromatic rings. The van der Waals surface area contributed by atoms with Crippen LogP contribution in [0.1, 0.15) is 32.3 Å². The van der Waals surface area contributed by atoms with Gasteiger partial charge in [-0.15, -0.1) is 0 Å². The second-order valence-corrected chi connectivity index (χ2v) is 3.89. The van der Waals surface area contributed by atoms with Crippen LogP contribution in [0.3, 0.4) is 0 Å². The zero-order valence-corrected chi connectivity index (χ0v) is 8.99. The van der Waals surface area contributed by atoms with Gasteiger partial charge in [0.1, 0.15) is 5.65 Å². The highest BCUT2D eigenvalue weighted by atomic mass is 15.0. The molecular weight excluding hydrogens is 172 g/mol. The van der Waals surface area contributed by atoms with E-state index in [9.17, 15) is 0 Å². The van der Waals surface area contributed by atoms with Crippen LogP contribution in [0.4, 0.5) is 0 Å². The number of fused-ring (bicyclic) bond motifs is 1. The first-order valence-electron chi connectivity index (χ1n) is 5.17. The van der Waals surface area contributed by atoms with Gasteiger partial charge in [0, 0.05) is 24.3 Å². The molecule has 0 spiro atoms. The first-order valence-corrected chi connectivity index (χ1v) is 5.17. The van der Waals surface area contributed by atoms with E-state index in [-0.39, 0.29) is 0 Å². The lowest BCUT2D eigenvalue weighted by atomic mass is 10.0. The molecule has 0 saturated carbocycles. The first-order chi connectivity index (χ1) is 6.74. The summed E-state index contributed by atoms with van der Waals surface area (Å²) in [5, 5.41) is 1.30. The van der Waals surface area contributed by atoms with E-state index < -0.39 is 0 Å². The summed E-state index contributed by atoms with van der Waals surface area (Å²) in [6.45, 7) is 7.57. The van der Waals surface area contributed by atoms with E-state index >= 15 is 0 Å². The van der Waals surface area contributed by atoms with Crippen LogP contribution in [0.25, 0.3) is 11.0 Å². The van der Waals surface area contributed by atoms with Crippen molar-refractivity contribution in [1.29, 1.82) is 0 Å². The van der Waals surface area contributed by atoms with Gasteiger partial charge in [-0.3, -0.25) is 0 Å². The van der Waals surface area contributed by atoms with Gasteiger partial charge in [-0.25, -0.2) is 4.98 Å². The number of aryl methyl sites for hydroxylation is 1. The summed E-state index contributed by atoms with van der Waals surface area (Å²) >= 11 is 0. The molecule has 2 heteroatoms. The molecular formula is C12H16N2. The monoisotopic (exact) mass is 188 g/mol. The maximum atomic E-state index is 4.42. The number of rotatable bonds is 2. The Morgan fingerprint density at radius 3 is 2.79 bits per heavy atom. The number of nitrogens with zero attached hydrogens (tertiary/aromatic N) is 2. The summed E-state index contributed by atoms with van der Waals surface area (Å²) in [7, 11) is 0. The van der Waals surface area contributed by atoms with Crippen LogP contribution < -0.4 is 0 Å². The van der Waals surface area contributed by atoms with Crippen LogP contribution in [-0.2, 0) is 6.54 Å². The normalized spacial score (nSPS) is 11.4. The van der Waals surface area contributed by atoms with E-state index in [1.807, 2.05) is 6.20 Å². The molecule has 14 heavy (non-hydrogen) atoms. The summed E-state index contributed by atoms with van der Waals surface area (Å²) < 4.78 is 2.18. The fourth-order valence-electron chi connectivity index (χ4n) is 1.87. The predicted octanol–water partition coefficient (Wildman–Crippen LogP) is 3.18. The molecule has 2 heterocycles. The molecule has 0 radical (unpaired) electrons. The van der Waals surface area contributed by atoms with Gasteiger partial charge in [-0.1, -0.05) is 13.8 Å². The van der Waals surface area contributed by atoms with Crippen LogP contribution in [-0.4, -0.2) is 9.55 Å². The zero-order valence-electron chi connectivity index (χ0n) is 8.99. The molecule has 0 N–H and O–H groups in total. The van der Waals surface area contributed by atoms with Crippen LogP contribution in [0, 0.1) is 0 Å².